The third kappa shape index (κ3) is 3.98. The van der Waals surface area contributed by atoms with Crippen LogP contribution in [-0.4, -0.2) is 24.0 Å². The Kier molecular flexibility index (Phi) is 4.83. The molecule has 1 saturated carbocycles. The van der Waals surface area contributed by atoms with Crippen LogP contribution < -0.4 is 5.32 Å². The largest absolute Gasteiger partial charge is 0.334 e. The molecule has 1 fully saturated rings. The molecule has 0 spiro atoms. The molecule has 2 amide bonds. The van der Waals surface area contributed by atoms with Crippen LogP contribution in [0.1, 0.15) is 43.2 Å². The normalized spacial score (nSPS) is 16.1. The van der Waals surface area contributed by atoms with Gasteiger partial charge in [-0.2, -0.15) is 0 Å². The Morgan fingerprint density at radius 2 is 2.05 bits per heavy atom. The fraction of sp³-hybridized carbons (Fsp3) is 0.562. The van der Waals surface area contributed by atoms with Gasteiger partial charge in [-0.3, -0.25) is 0 Å². The van der Waals surface area contributed by atoms with Crippen LogP contribution in [0, 0.1) is 6.92 Å². The summed E-state index contributed by atoms with van der Waals surface area (Å²) in [6.45, 7) is 2.68. The van der Waals surface area contributed by atoms with E-state index in [-0.39, 0.29) is 6.03 Å². The Balaban J connectivity index is 1.83. The van der Waals surface area contributed by atoms with Gasteiger partial charge >= 0.3 is 6.03 Å². The van der Waals surface area contributed by atoms with Crippen LogP contribution in [0.4, 0.5) is 4.79 Å². The van der Waals surface area contributed by atoms with Gasteiger partial charge in [0.25, 0.3) is 0 Å². The number of amides is 2. The summed E-state index contributed by atoms with van der Waals surface area (Å²) in [5, 5.41) is 3.01. The number of carbonyl (C=O) groups excluding carboxylic acids is 1. The molecule has 0 saturated heterocycles. The first kappa shape index (κ1) is 13.9. The Morgan fingerprint density at radius 1 is 1.32 bits per heavy atom. The number of hydrogen-bond acceptors (Lipinski definition) is 1. The summed E-state index contributed by atoms with van der Waals surface area (Å²) in [6, 6.07) is 8.73. The van der Waals surface area contributed by atoms with Crippen molar-refractivity contribution >= 4 is 6.03 Å². The molecule has 0 heterocycles. The topological polar surface area (TPSA) is 32.3 Å². The van der Waals surface area contributed by atoms with Crippen LogP contribution in [-0.2, 0) is 6.54 Å². The second kappa shape index (κ2) is 6.60. The Morgan fingerprint density at radius 3 is 2.74 bits per heavy atom. The van der Waals surface area contributed by atoms with Crippen LogP contribution in [0.15, 0.2) is 24.3 Å². The second-order valence-corrected chi connectivity index (χ2v) is 5.55. The van der Waals surface area contributed by atoms with Gasteiger partial charge in [-0.1, -0.05) is 49.1 Å². The van der Waals surface area contributed by atoms with Crippen molar-refractivity contribution in [2.75, 3.05) is 7.05 Å². The van der Waals surface area contributed by atoms with Gasteiger partial charge in [0.15, 0.2) is 0 Å². The lowest BCUT2D eigenvalue weighted by Gasteiger charge is -2.31. The van der Waals surface area contributed by atoms with Gasteiger partial charge in [-0.05, 0) is 25.3 Å². The van der Waals surface area contributed by atoms with E-state index < -0.39 is 0 Å². The van der Waals surface area contributed by atoms with Crippen LogP contribution >= 0.6 is 0 Å². The van der Waals surface area contributed by atoms with E-state index in [9.17, 15) is 4.79 Å². The fourth-order valence-electron chi connectivity index (χ4n) is 2.76. The van der Waals surface area contributed by atoms with E-state index >= 15 is 0 Å². The molecule has 0 aromatic heterocycles. The zero-order valence-corrected chi connectivity index (χ0v) is 12.0. The molecule has 0 unspecified atom stereocenters. The standard InChI is InChI=1S/C16H24N2O/c1-13-7-6-8-14(11-13)12-17-16(19)18(2)15-9-4-3-5-10-15/h6-8,11,15H,3-5,9-10,12H2,1-2H3,(H,17,19). The molecule has 2 rings (SSSR count). The van der Waals surface area contributed by atoms with E-state index in [4.69, 9.17) is 0 Å². The molecular formula is C16H24N2O. The van der Waals surface area contributed by atoms with Crippen molar-refractivity contribution in [3.8, 4) is 0 Å². The summed E-state index contributed by atoms with van der Waals surface area (Å²) in [6.07, 6.45) is 6.11. The van der Waals surface area contributed by atoms with Crippen molar-refractivity contribution in [3.63, 3.8) is 0 Å². The van der Waals surface area contributed by atoms with Crippen LogP contribution in [0.2, 0.25) is 0 Å². The molecule has 1 aliphatic rings. The number of nitrogens with zero attached hydrogens (tertiary/aromatic N) is 1. The molecule has 1 aliphatic carbocycles. The predicted octanol–water partition coefficient (Wildman–Crippen LogP) is 3.47. The zero-order chi connectivity index (χ0) is 13.7. The number of aryl methyl sites for hydroxylation is 1. The van der Waals surface area contributed by atoms with Crippen molar-refractivity contribution in [2.45, 2.75) is 51.6 Å². The molecule has 0 radical (unpaired) electrons. The maximum atomic E-state index is 12.1. The Labute approximate surface area is 116 Å². The lowest BCUT2D eigenvalue weighted by molar-refractivity contribution is 0.173. The number of rotatable bonds is 3. The maximum absolute atomic E-state index is 12.1. The number of carbonyl (C=O) groups is 1. The molecule has 0 bridgehead atoms. The molecule has 3 nitrogen and oxygen atoms in total. The quantitative estimate of drug-likeness (QED) is 0.886. The van der Waals surface area contributed by atoms with Gasteiger partial charge in [-0.15, -0.1) is 0 Å². The fourth-order valence-corrected chi connectivity index (χ4v) is 2.76. The molecule has 0 atom stereocenters. The van der Waals surface area contributed by atoms with E-state index in [0.717, 1.165) is 18.4 Å². The van der Waals surface area contributed by atoms with Crippen molar-refractivity contribution in [1.82, 2.24) is 10.2 Å². The second-order valence-electron chi connectivity index (χ2n) is 5.55. The van der Waals surface area contributed by atoms with Gasteiger partial charge in [0.2, 0.25) is 0 Å². The number of urea groups is 1. The third-order valence-electron chi connectivity index (χ3n) is 3.97. The average molecular weight is 260 g/mol. The van der Waals surface area contributed by atoms with E-state index in [1.165, 1.54) is 24.8 Å². The van der Waals surface area contributed by atoms with Crippen molar-refractivity contribution in [2.24, 2.45) is 0 Å². The summed E-state index contributed by atoms with van der Waals surface area (Å²) >= 11 is 0. The molecule has 19 heavy (non-hydrogen) atoms. The highest BCUT2D eigenvalue weighted by atomic mass is 16.2. The van der Waals surface area contributed by atoms with Crippen molar-refractivity contribution in [3.05, 3.63) is 35.4 Å². The Hall–Kier alpha value is -1.51. The van der Waals surface area contributed by atoms with Gasteiger partial charge < -0.3 is 10.2 Å². The molecule has 0 aliphatic heterocycles. The molecule has 1 aromatic rings. The van der Waals surface area contributed by atoms with Gasteiger partial charge in [0.1, 0.15) is 0 Å². The number of nitrogens with one attached hydrogen (secondary N) is 1. The monoisotopic (exact) mass is 260 g/mol. The minimum Gasteiger partial charge on any atom is -0.334 e. The maximum Gasteiger partial charge on any atom is 0.317 e. The number of hydrogen-bond donors (Lipinski definition) is 1. The third-order valence-corrected chi connectivity index (χ3v) is 3.97. The minimum absolute atomic E-state index is 0.0495. The average Bonchev–Trinajstić information content (AvgIpc) is 2.45. The first-order valence-electron chi connectivity index (χ1n) is 7.23. The first-order valence-corrected chi connectivity index (χ1v) is 7.23. The van der Waals surface area contributed by atoms with E-state index in [1.807, 2.05) is 24.1 Å². The van der Waals surface area contributed by atoms with Crippen LogP contribution in [0.5, 0.6) is 0 Å². The highest BCUT2D eigenvalue weighted by molar-refractivity contribution is 5.74. The smallest absolute Gasteiger partial charge is 0.317 e. The highest BCUT2D eigenvalue weighted by Crippen LogP contribution is 2.21. The molecular weight excluding hydrogens is 236 g/mol. The van der Waals surface area contributed by atoms with Crippen LogP contribution in [0.25, 0.3) is 0 Å². The molecule has 3 heteroatoms. The first-order chi connectivity index (χ1) is 9.16. The van der Waals surface area contributed by atoms with Crippen molar-refractivity contribution < 1.29 is 4.79 Å². The van der Waals surface area contributed by atoms with Gasteiger partial charge in [0, 0.05) is 19.6 Å². The minimum atomic E-state index is 0.0495. The summed E-state index contributed by atoms with van der Waals surface area (Å²) in [5.41, 5.74) is 2.39. The van der Waals surface area contributed by atoms with E-state index in [1.54, 1.807) is 0 Å². The van der Waals surface area contributed by atoms with Gasteiger partial charge in [0.05, 0.1) is 0 Å². The van der Waals surface area contributed by atoms with Crippen LogP contribution in [0.3, 0.4) is 0 Å². The summed E-state index contributed by atoms with van der Waals surface area (Å²) in [5.74, 6) is 0. The summed E-state index contributed by atoms with van der Waals surface area (Å²) in [4.78, 5) is 14.0. The van der Waals surface area contributed by atoms with E-state index in [0.29, 0.717) is 12.6 Å². The summed E-state index contributed by atoms with van der Waals surface area (Å²) in [7, 11) is 1.92. The Bertz CT molecular complexity index is 425. The molecule has 1 aromatic carbocycles. The molecule has 104 valence electrons. The lowest BCUT2D eigenvalue weighted by Crippen LogP contribution is -2.44. The molecule has 1 N–H and O–H groups in total. The lowest BCUT2D eigenvalue weighted by atomic mass is 9.95. The number of benzene rings is 1. The SMILES string of the molecule is Cc1cccc(CNC(=O)N(C)C2CCCCC2)c1. The van der Waals surface area contributed by atoms with E-state index in [2.05, 4.69) is 24.4 Å². The van der Waals surface area contributed by atoms with Gasteiger partial charge in [-0.25, -0.2) is 4.79 Å². The zero-order valence-electron chi connectivity index (χ0n) is 12.0. The predicted molar refractivity (Wildman–Crippen MR) is 78.1 cm³/mol. The van der Waals surface area contributed by atoms with Crippen molar-refractivity contribution in [1.29, 1.82) is 0 Å². The summed E-state index contributed by atoms with van der Waals surface area (Å²) < 4.78 is 0. The highest BCUT2D eigenvalue weighted by Gasteiger charge is 2.21.